The van der Waals surface area contributed by atoms with Crippen LogP contribution in [-0.4, -0.2) is 39.2 Å². The highest BCUT2D eigenvalue weighted by Crippen LogP contribution is 2.48. The van der Waals surface area contributed by atoms with E-state index in [9.17, 15) is 9.18 Å². The molecule has 1 aromatic carbocycles. The van der Waals surface area contributed by atoms with E-state index in [2.05, 4.69) is 20.4 Å². The number of hydrogen-bond acceptors (Lipinski definition) is 3. The lowest BCUT2D eigenvalue weighted by atomic mass is 9.95. The first kappa shape index (κ1) is 16.3. The third-order valence-corrected chi connectivity index (χ3v) is 3.97. The van der Waals surface area contributed by atoms with Crippen LogP contribution in [0.3, 0.4) is 0 Å². The molecule has 120 valence electrons. The number of carbonyl (C=O) groups is 1. The summed E-state index contributed by atoms with van der Waals surface area (Å²) in [6, 6.07) is 6.91. The molecule has 0 amide bonds. The van der Waals surface area contributed by atoms with Crippen LogP contribution in [0.15, 0.2) is 29.3 Å². The molecule has 1 saturated carbocycles. The molecule has 2 N–H and O–H groups in total. The summed E-state index contributed by atoms with van der Waals surface area (Å²) >= 11 is 0. The molecule has 0 aliphatic heterocycles. The van der Waals surface area contributed by atoms with Crippen LogP contribution >= 0.6 is 0 Å². The number of guanidine groups is 1. The zero-order chi connectivity index (χ0) is 16.0. The van der Waals surface area contributed by atoms with E-state index in [0.29, 0.717) is 19.0 Å². The van der Waals surface area contributed by atoms with Crippen molar-refractivity contribution in [3.05, 3.63) is 35.6 Å². The van der Waals surface area contributed by atoms with Crippen LogP contribution in [0.4, 0.5) is 4.39 Å². The molecule has 22 heavy (non-hydrogen) atoms. The van der Waals surface area contributed by atoms with Crippen molar-refractivity contribution in [3.63, 3.8) is 0 Å². The van der Waals surface area contributed by atoms with Gasteiger partial charge in [-0.2, -0.15) is 0 Å². The number of carbonyl (C=O) groups excluding carboxylic acids is 1. The Morgan fingerprint density at radius 3 is 2.68 bits per heavy atom. The summed E-state index contributed by atoms with van der Waals surface area (Å²) in [5.41, 5.74) is 0.609. The van der Waals surface area contributed by atoms with Crippen molar-refractivity contribution in [2.75, 3.05) is 27.2 Å². The second kappa shape index (κ2) is 7.24. The molecule has 0 radical (unpaired) electrons. The lowest BCUT2D eigenvalue weighted by Gasteiger charge is -2.19. The van der Waals surface area contributed by atoms with Crippen LogP contribution in [0.1, 0.15) is 24.8 Å². The highest BCUT2D eigenvalue weighted by Gasteiger charge is 2.45. The summed E-state index contributed by atoms with van der Waals surface area (Å²) in [7, 11) is 3.02. The third-order valence-electron chi connectivity index (χ3n) is 3.97. The summed E-state index contributed by atoms with van der Waals surface area (Å²) in [5, 5.41) is 6.26. The van der Waals surface area contributed by atoms with Crippen molar-refractivity contribution in [3.8, 4) is 0 Å². The minimum absolute atomic E-state index is 0.148. The first-order valence-corrected chi connectivity index (χ1v) is 7.37. The Balaban J connectivity index is 1.86. The monoisotopic (exact) mass is 307 g/mol. The maximum absolute atomic E-state index is 13.9. The number of nitrogens with one attached hydrogen (secondary N) is 2. The van der Waals surface area contributed by atoms with Gasteiger partial charge in [0.05, 0.1) is 13.5 Å². The molecule has 5 nitrogen and oxygen atoms in total. The summed E-state index contributed by atoms with van der Waals surface area (Å²) in [6.45, 7) is 1.06. The number of methoxy groups -OCH3 is 1. The van der Waals surface area contributed by atoms with Gasteiger partial charge in [0.15, 0.2) is 5.96 Å². The minimum atomic E-state index is -0.270. The number of rotatable bonds is 6. The highest BCUT2D eigenvalue weighted by atomic mass is 19.1. The number of hydrogen-bond donors (Lipinski definition) is 2. The number of aliphatic imine (C=N–C) groups is 1. The van der Waals surface area contributed by atoms with Gasteiger partial charge in [0, 0.05) is 25.6 Å². The van der Waals surface area contributed by atoms with Gasteiger partial charge in [-0.15, -0.1) is 0 Å². The molecule has 0 saturated heterocycles. The minimum Gasteiger partial charge on any atom is -0.469 e. The van der Waals surface area contributed by atoms with Crippen molar-refractivity contribution in [2.45, 2.75) is 24.7 Å². The predicted octanol–water partition coefficient (Wildman–Crippen LogP) is 1.59. The van der Waals surface area contributed by atoms with Gasteiger partial charge in [0.1, 0.15) is 5.82 Å². The largest absolute Gasteiger partial charge is 0.469 e. The zero-order valence-electron chi connectivity index (χ0n) is 13.0. The van der Waals surface area contributed by atoms with E-state index < -0.39 is 0 Å². The second-order valence-corrected chi connectivity index (χ2v) is 5.44. The van der Waals surface area contributed by atoms with E-state index in [1.807, 2.05) is 12.1 Å². The van der Waals surface area contributed by atoms with Gasteiger partial charge in [-0.25, -0.2) is 4.39 Å². The van der Waals surface area contributed by atoms with Crippen molar-refractivity contribution in [1.82, 2.24) is 10.6 Å². The normalized spacial score (nSPS) is 16.0. The third kappa shape index (κ3) is 3.96. The molecular formula is C16H22FN3O2. The molecule has 1 aliphatic rings. The fourth-order valence-electron chi connectivity index (χ4n) is 2.44. The lowest BCUT2D eigenvalue weighted by Crippen LogP contribution is -2.42. The van der Waals surface area contributed by atoms with Gasteiger partial charge in [-0.05, 0) is 24.5 Å². The van der Waals surface area contributed by atoms with E-state index in [0.717, 1.165) is 18.4 Å². The van der Waals surface area contributed by atoms with E-state index >= 15 is 0 Å². The average molecular weight is 307 g/mol. The average Bonchev–Trinajstić information content (AvgIpc) is 3.31. The molecule has 2 rings (SSSR count). The first-order valence-electron chi connectivity index (χ1n) is 7.37. The maximum Gasteiger partial charge on any atom is 0.307 e. The number of ether oxygens (including phenoxy) is 1. The van der Waals surface area contributed by atoms with E-state index in [-0.39, 0.29) is 23.6 Å². The van der Waals surface area contributed by atoms with Crippen molar-refractivity contribution < 1.29 is 13.9 Å². The molecule has 6 heteroatoms. The van der Waals surface area contributed by atoms with Crippen molar-refractivity contribution in [2.24, 2.45) is 4.99 Å². The number of esters is 1. The fourth-order valence-corrected chi connectivity index (χ4v) is 2.44. The standard InChI is InChI=1S/C16H22FN3O2/c1-18-15(19-10-7-14(21)22-2)20-11-16(8-9-16)12-5-3-4-6-13(12)17/h3-6H,7-11H2,1-2H3,(H2,18,19,20). The van der Waals surface area contributed by atoms with Crippen LogP contribution in [0.5, 0.6) is 0 Å². The Bertz CT molecular complexity index is 556. The van der Waals surface area contributed by atoms with Crippen LogP contribution < -0.4 is 10.6 Å². The van der Waals surface area contributed by atoms with Gasteiger partial charge < -0.3 is 15.4 Å². The summed E-state index contributed by atoms with van der Waals surface area (Å²) in [5.74, 6) is 0.176. The lowest BCUT2D eigenvalue weighted by molar-refractivity contribution is -0.140. The Kier molecular flexibility index (Phi) is 5.35. The SMILES string of the molecule is CN=C(NCCC(=O)OC)NCC1(c2ccccc2F)CC1. The quantitative estimate of drug-likeness (QED) is 0.476. The summed E-state index contributed by atoms with van der Waals surface area (Å²) < 4.78 is 18.5. The molecule has 1 aliphatic carbocycles. The molecule has 0 unspecified atom stereocenters. The summed E-state index contributed by atoms with van der Waals surface area (Å²) in [4.78, 5) is 15.2. The molecule has 0 aromatic heterocycles. The van der Waals surface area contributed by atoms with Gasteiger partial charge in [-0.3, -0.25) is 9.79 Å². The van der Waals surface area contributed by atoms with E-state index in [4.69, 9.17) is 0 Å². The number of nitrogens with zero attached hydrogens (tertiary/aromatic N) is 1. The predicted molar refractivity (Wildman–Crippen MR) is 83.3 cm³/mol. The Morgan fingerprint density at radius 1 is 1.36 bits per heavy atom. The molecule has 0 bridgehead atoms. The first-order chi connectivity index (χ1) is 10.6. The fraction of sp³-hybridized carbons (Fsp3) is 0.500. The van der Waals surface area contributed by atoms with Crippen LogP contribution in [0, 0.1) is 5.82 Å². The van der Waals surface area contributed by atoms with Crippen LogP contribution in [-0.2, 0) is 14.9 Å². The second-order valence-electron chi connectivity index (χ2n) is 5.44. The number of halogens is 1. The van der Waals surface area contributed by atoms with Gasteiger partial charge >= 0.3 is 5.97 Å². The molecular weight excluding hydrogens is 285 g/mol. The van der Waals surface area contributed by atoms with Crippen LogP contribution in [0.25, 0.3) is 0 Å². The Morgan fingerprint density at radius 2 is 2.09 bits per heavy atom. The van der Waals surface area contributed by atoms with Crippen LogP contribution in [0.2, 0.25) is 0 Å². The molecule has 0 heterocycles. The number of benzene rings is 1. The van der Waals surface area contributed by atoms with Gasteiger partial charge in [0.25, 0.3) is 0 Å². The maximum atomic E-state index is 13.9. The topological polar surface area (TPSA) is 62.7 Å². The van der Waals surface area contributed by atoms with E-state index in [1.165, 1.54) is 13.2 Å². The Labute approximate surface area is 130 Å². The Hall–Kier alpha value is -2.11. The molecule has 0 spiro atoms. The highest BCUT2D eigenvalue weighted by molar-refractivity contribution is 5.80. The summed E-state index contributed by atoms with van der Waals surface area (Å²) in [6.07, 6.45) is 2.19. The van der Waals surface area contributed by atoms with Gasteiger partial charge in [-0.1, -0.05) is 18.2 Å². The molecule has 0 atom stereocenters. The van der Waals surface area contributed by atoms with E-state index in [1.54, 1.807) is 13.1 Å². The van der Waals surface area contributed by atoms with Crippen molar-refractivity contribution >= 4 is 11.9 Å². The smallest absolute Gasteiger partial charge is 0.307 e. The van der Waals surface area contributed by atoms with Crippen molar-refractivity contribution in [1.29, 1.82) is 0 Å². The molecule has 1 fully saturated rings. The zero-order valence-corrected chi connectivity index (χ0v) is 13.0. The van der Waals surface area contributed by atoms with Gasteiger partial charge in [0.2, 0.25) is 0 Å². The molecule has 1 aromatic rings.